The zero-order valence-corrected chi connectivity index (χ0v) is 12.9. The van der Waals surface area contributed by atoms with E-state index in [0.29, 0.717) is 30.9 Å². The Morgan fingerprint density at radius 1 is 1.25 bits per heavy atom. The number of hydrogen-bond donors (Lipinski definition) is 1. The van der Waals surface area contributed by atoms with Crippen LogP contribution in [0.3, 0.4) is 0 Å². The number of anilines is 1. The summed E-state index contributed by atoms with van der Waals surface area (Å²) in [6.45, 7) is 4.74. The van der Waals surface area contributed by atoms with E-state index >= 15 is 0 Å². The van der Waals surface area contributed by atoms with Gasteiger partial charge in [0, 0.05) is 31.7 Å². The van der Waals surface area contributed by atoms with Crippen molar-refractivity contribution in [2.75, 3.05) is 38.8 Å². The van der Waals surface area contributed by atoms with Crippen molar-refractivity contribution in [3.63, 3.8) is 0 Å². The molecule has 20 heavy (non-hydrogen) atoms. The minimum atomic E-state index is 0.506. The van der Waals surface area contributed by atoms with Crippen LogP contribution in [-0.4, -0.2) is 43.4 Å². The van der Waals surface area contributed by atoms with E-state index in [1.54, 1.807) is 7.11 Å². The molecule has 0 radical (unpaired) electrons. The quantitative estimate of drug-likeness (QED) is 0.561. The highest BCUT2D eigenvalue weighted by Crippen LogP contribution is 2.39. The van der Waals surface area contributed by atoms with Gasteiger partial charge in [-0.3, -0.25) is 0 Å². The van der Waals surface area contributed by atoms with Crippen molar-refractivity contribution in [1.82, 2.24) is 9.97 Å². The summed E-state index contributed by atoms with van der Waals surface area (Å²) in [4.78, 5) is 8.92. The van der Waals surface area contributed by atoms with Crippen LogP contribution in [0.25, 0.3) is 0 Å². The lowest BCUT2D eigenvalue weighted by atomic mass is 10.3. The average molecular weight is 300 g/mol. The van der Waals surface area contributed by atoms with Crippen molar-refractivity contribution >= 4 is 17.4 Å². The standard InChI is InChI=1S/C14H22ClN3O2/c1-10-12(15)17-14(11-4-5-11)18-13(10)16-6-3-7-20-9-8-19-2/h11H,3-9H2,1-2H3,(H,16,17,18). The van der Waals surface area contributed by atoms with Crippen LogP contribution >= 0.6 is 11.6 Å². The van der Waals surface area contributed by atoms with Gasteiger partial charge >= 0.3 is 0 Å². The van der Waals surface area contributed by atoms with Crippen LogP contribution in [0.2, 0.25) is 5.15 Å². The normalized spacial score (nSPS) is 14.6. The lowest BCUT2D eigenvalue weighted by Gasteiger charge is -2.11. The SMILES string of the molecule is COCCOCCCNc1nc(C2CC2)nc(Cl)c1C. The number of nitrogens with zero attached hydrogens (tertiary/aromatic N) is 2. The number of ether oxygens (including phenoxy) is 2. The molecule has 0 spiro atoms. The molecule has 0 aliphatic heterocycles. The Hall–Kier alpha value is -0.910. The Labute approximate surface area is 125 Å². The molecule has 0 saturated heterocycles. The van der Waals surface area contributed by atoms with Crippen LogP contribution in [0.4, 0.5) is 5.82 Å². The second kappa shape index (κ2) is 7.76. The van der Waals surface area contributed by atoms with Crippen LogP contribution in [0.15, 0.2) is 0 Å². The summed E-state index contributed by atoms with van der Waals surface area (Å²) in [5.74, 6) is 2.23. The molecule has 0 aromatic carbocycles. The zero-order valence-electron chi connectivity index (χ0n) is 12.1. The number of hydrogen-bond acceptors (Lipinski definition) is 5. The molecule has 2 rings (SSSR count). The van der Waals surface area contributed by atoms with Crippen LogP contribution in [-0.2, 0) is 9.47 Å². The minimum Gasteiger partial charge on any atom is -0.382 e. The molecule has 1 fully saturated rings. The van der Waals surface area contributed by atoms with E-state index < -0.39 is 0 Å². The van der Waals surface area contributed by atoms with Gasteiger partial charge in [-0.2, -0.15) is 0 Å². The second-order valence-electron chi connectivity index (χ2n) is 5.01. The minimum absolute atomic E-state index is 0.506. The molecule has 0 amide bonds. The maximum atomic E-state index is 6.16. The summed E-state index contributed by atoms with van der Waals surface area (Å²) in [7, 11) is 1.67. The van der Waals surface area contributed by atoms with Crippen LogP contribution < -0.4 is 5.32 Å². The zero-order chi connectivity index (χ0) is 14.4. The third-order valence-corrected chi connectivity index (χ3v) is 3.60. The maximum absolute atomic E-state index is 6.16. The summed E-state index contributed by atoms with van der Waals surface area (Å²) in [5, 5.41) is 3.88. The average Bonchev–Trinajstić information content (AvgIpc) is 3.26. The van der Waals surface area contributed by atoms with E-state index in [-0.39, 0.29) is 0 Å². The molecule has 1 heterocycles. The maximum Gasteiger partial charge on any atom is 0.137 e. The lowest BCUT2D eigenvalue weighted by molar-refractivity contribution is 0.0705. The Morgan fingerprint density at radius 2 is 2.05 bits per heavy atom. The van der Waals surface area contributed by atoms with Gasteiger partial charge in [0.2, 0.25) is 0 Å². The molecular weight excluding hydrogens is 278 g/mol. The predicted octanol–water partition coefficient (Wildman–Crippen LogP) is 2.78. The molecule has 1 aromatic rings. The molecule has 1 saturated carbocycles. The Morgan fingerprint density at radius 3 is 2.75 bits per heavy atom. The monoisotopic (exact) mass is 299 g/mol. The van der Waals surface area contributed by atoms with Crippen molar-refractivity contribution in [3.8, 4) is 0 Å². The van der Waals surface area contributed by atoms with Crippen LogP contribution in [0.5, 0.6) is 0 Å². The first-order valence-corrected chi connectivity index (χ1v) is 7.44. The molecule has 0 bridgehead atoms. The largest absolute Gasteiger partial charge is 0.382 e. The summed E-state index contributed by atoms with van der Waals surface area (Å²) in [6, 6.07) is 0. The van der Waals surface area contributed by atoms with Gasteiger partial charge in [0.1, 0.15) is 16.8 Å². The number of rotatable bonds is 9. The van der Waals surface area contributed by atoms with Crippen molar-refractivity contribution in [2.24, 2.45) is 0 Å². The lowest BCUT2D eigenvalue weighted by Crippen LogP contribution is -2.11. The number of methoxy groups -OCH3 is 1. The summed E-state index contributed by atoms with van der Waals surface area (Å²) in [5.41, 5.74) is 0.913. The molecule has 1 aliphatic carbocycles. The third kappa shape index (κ3) is 4.58. The highest BCUT2D eigenvalue weighted by atomic mass is 35.5. The van der Waals surface area contributed by atoms with Crippen molar-refractivity contribution in [1.29, 1.82) is 0 Å². The smallest absolute Gasteiger partial charge is 0.137 e. The molecule has 5 nitrogen and oxygen atoms in total. The Bertz CT molecular complexity index is 439. The van der Waals surface area contributed by atoms with E-state index in [1.165, 1.54) is 12.8 Å². The van der Waals surface area contributed by atoms with Gasteiger partial charge in [-0.15, -0.1) is 0 Å². The van der Waals surface area contributed by atoms with E-state index in [2.05, 4.69) is 15.3 Å². The molecular formula is C14H22ClN3O2. The number of nitrogens with one attached hydrogen (secondary N) is 1. The third-order valence-electron chi connectivity index (χ3n) is 3.24. The predicted molar refractivity (Wildman–Crippen MR) is 79.6 cm³/mol. The van der Waals surface area contributed by atoms with Gasteiger partial charge < -0.3 is 14.8 Å². The molecule has 6 heteroatoms. The fraction of sp³-hybridized carbons (Fsp3) is 0.714. The summed E-state index contributed by atoms with van der Waals surface area (Å²) >= 11 is 6.16. The first-order chi connectivity index (χ1) is 9.72. The molecule has 112 valence electrons. The Balaban J connectivity index is 1.77. The summed E-state index contributed by atoms with van der Waals surface area (Å²) < 4.78 is 10.3. The first kappa shape index (κ1) is 15.5. The van der Waals surface area contributed by atoms with E-state index in [1.807, 2.05) is 6.92 Å². The Kier molecular flexibility index (Phi) is 6.01. The van der Waals surface area contributed by atoms with Crippen LogP contribution in [0, 0.1) is 6.92 Å². The van der Waals surface area contributed by atoms with Gasteiger partial charge in [-0.1, -0.05) is 11.6 Å². The van der Waals surface area contributed by atoms with E-state index in [0.717, 1.165) is 30.2 Å². The fourth-order valence-corrected chi connectivity index (χ4v) is 2.00. The second-order valence-corrected chi connectivity index (χ2v) is 5.36. The van der Waals surface area contributed by atoms with Crippen molar-refractivity contribution < 1.29 is 9.47 Å². The number of halogens is 1. The van der Waals surface area contributed by atoms with Gasteiger partial charge in [-0.05, 0) is 26.2 Å². The first-order valence-electron chi connectivity index (χ1n) is 7.07. The molecule has 0 atom stereocenters. The van der Waals surface area contributed by atoms with E-state index in [4.69, 9.17) is 21.1 Å². The molecule has 1 aromatic heterocycles. The fourth-order valence-electron chi connectivity index (χ4n) is 1.83. The van der Waals surface area contributed by atoms with Gasteiger partial charge in [0.25, 0.3) is 0 Å². The summed E-state index contributed by atoms with van der Waals surface area (Å²) in [6.07, 6.45) is 3.27. The van der Waals surface area contributed by atoms with Crippen molar-refractivity contribution in [2.45, 2.75) is 32.1 Å². The topological polar surface area (TPSA) is 56.3 Å². The van der Waals surface area contributed by atoms with Crippen LogP contribution in [0.1, 0.15) is 36.6 Å². The van der Waals surface area contributed by atoms with Gasteiger partial charge in [-0.25, -0.2) is 9.97 Å². The van der Waals surface area contributed by atoms with Crippen molar-refractivity contribution in [3.05, 3.63) is 16.5 Å². The highest BCUT2D eigenvalue weighted by molar-refractivity contribution is 6.30. The highest BCUT2D eigenvalue weighted by Gasteiger charge is 2.27. The van der Waals surface area contributed by atoms with Gasteiger partial charge in [0.15, 0.2) is 0 Å². The molecule has 1 N–H and O–H groups in total. The number of aromatic nitrogens is 2. The van der Waals surface area contributed by atoms with Gasteiger partial charge in [0.05, 0.1) is 13.2 Å². The van der Waals surface area contributed by atoms with E-state index in [9.17, 15) is 0 Å². The molecule has 1 aliphatic rings. The molecule has 0 unspecified atom stereocenters.